The Labute approximate surface area is 149 Å². The first-order chi connectivity index (χ1) is 11.3. The van der Waals surface area contributed by atoms with Crippen LogP contribution in [-0.2, 0) is 12.8 Å². The maximum Gasteiger partial charge on any atom is 0.278 e. The number of nitrogens with one attached hydrogen (secondary N) is 1. The molecule has 0 fully saturated rings. The SMILES string of the molecule is CC(C)(C)[C@@H]1CCc2onc(C(=O)Nc3cc(Br)ccc3O)c2C1. The van der Waals surface area contributed by atoms with E-state index in [9.17, 15) is 9.90 Å². The first-order valence-electron chi connectivity index (χ1n) is 8.03. The van der Waals surface area contributed by atoms with E-state index in [2.05, 4.69) is 47.2 Å². The summed E-state index contributed by atoms with van der Waals surface area (Å²) < 4.78 is 6.15. The standard InChI is InChI=1S/C18H21BrN2O3/c1-18(2,3)10-4-7-15-12(8-10)16(21-24-15)17(23)20-13-9-11(19)5-6-14(13)22/h5-6,9-10,22H,4,7-8H2,1-3H3,(H,20,23)/t10-/m1/s1. The van der Waals surface area contributed by atoms with Crippen LogP contribution in [0.3, 0.4) is 0 Å². The number of carbonyl (C=O) groups is 1. The largest absolute Gasteiger partial charge is 0.506 e. The number of aromatic nitrogens is 1. The normalized spacial score (nSPS) is 17.4. The lowest BCUT2D eigenvalue weighted by atomic mass is 9.71. The van der Waals surface area contributed by atoms with Gasteiger partial charge < -0.3 is 14.9 Å². The quantitative estimate of drug-likeness (QED) is 0.735. The number of aryl methyl sites for hydroxylation is 1. The van der Waals surface area contributed by atoms with Crippen LogP contribution in [0.15, 0.2) is 27.2 Å². The molecule has 2 N–H and O–H groups in total. The van der Waals surface area contributed by atoms with Crippen molar-refractivity contribution in [2.24, 2.45) is 11.3 Å². The Bertz CT molecular complexity index is 777. The first kappa shape index (κ1) is 17.0. The van der Waals surface area contributed by atoms with Crippen LogP contribution >= 0.6 is 15.9 Å². The lowest BCUT2D eigenvalue weighted by Gasteiger charge is -2.33. The van der Waals surface area contributed by atoms with Gasteiger partial charge in [0.05, 0.1) is 5.69 Å². The Morgan fingerprint density at radius 1 is 1.42 bits per heavy atom. The summed E-state index contributed by atoms with van der Waals surface area (Å²) in [6, 6.07) is 4.88. The summed E-state index contributed by atoms with van der Waals surface area (Å²) in [5.74, 6) is 0.939. The number of anilines is 1. The van der Waals surface area contributed by atoms with Gasteiger partial charge in [-0.15, -0.1) is 0 Å². The molecule has 128 valence electrons. The second-order valence-electron chi connectivity index (χ2n) is 7.35. The number of carbonyl (C=O) groups excluding carboxylic acids is 1. The molecule has 6 heteroatoms. The Morgan fingerprint density at radius 3 is 2.88 bits per heavy atom. The molecule has 1 amide bonds. The minimum Gasteiger partial charge on any atom is -0.506 e. The van der Waals surface area contributed by atoms with Crippen molar-refractivity contribution in [3.8, 4) is 5.75 Å². The molecule has 0 radical (unpaired) electrons. The monoisotopic (exact) mass is 392 g/mol. The summed E-state index contributed by atoms with van der Waals surface area (Å²) >= 11 is 3.33. The van der Waals surface area contributed by atoms with E-state index in [1.165, 1.54) is 6.07 Å². The molecule has 1 aliphatic rings. The number of amides is 1. The third-order valence-electron chi connectivity index (χ3n) is 4.69. The van der Waals surface area contributed by atoms with E-state index in [0.29, 0.717) is 17.3 Å². The Balaban J connectivity index is 1.85. The third kappa shape index (κ3) is 3.34. The summed E-state index contributed by atoms with van der Waals surface area (Å²) in [5.41, 5.74) is 1.73. The fourth-order valence-corrected chi connectivity index (χ4v) is 3.47. The lowest BCUT2D eigenvalue weighted by Crippen LogP contribution is -2.27. The molecule has 0 spiro atoms. The van der Waals surface area contributed by atoms with E-state index in [4.69, 9.17) is 4.52 Å². The van der Waals surface area contributed by atoms with E-state index in [1.807, 2.05) is 0 Å². The summed E-state index contributed by atoms with van der Waals surface area (Å²) in [6.07, 6.45) is 2.63. The predicted octanol–water partition coefficient (Wildman–Crippen LogP) is 4.55. The molecule has 1 aromatic heterocycles. The maximum atomic E-state index is 12.6. The van der Waals surface area contributed by atoms with Crippen LogP contribution in [0.1, 0.15) is 49.0 Å². The highest BCUT2D eigenvalue weighted by Crippen LogP contribution is 2.38. The molecule has 0 saturated heterocycles. The van der Waals surface area contributed by atoms with Crippen LogP contribution in [-0.4, -0.2) is 16.2 Å². The van der Waals surface area contributed by atoms with Gasteiger partial charge in [-0.05, 0) is 42.4 Å². The molecule has 0 saturated carbocycles. The molecule has 2 aromatic rings. The Kier molecular flexibility index (Phi) is 4.42. The number of aromatic hydroxyl groups is 1. The van der Waals surface area contributed by atoms with E-state index in [0.717, 1.165) is 35.1 Å². The average Bonchev–Trinajstić information content (AvgIpc) is 2.93. The van der Waals surface area contributed by atoms with Gasteiger partial charge in [0.2, 0.25) is 0 Å². The molecule has 24 heavy (non-hydrogen) atoms. The fourth-order valence-electron chi connectivity index (χ4n) is 3.11. The number of rotatable bonds is 2. The van der Waals surface area contributed by atoms with Gasteiger partial charge in [-0.2, -0.15) is 0 Å². The maximum absolute atomic E-state index is 12.6. The Morgan fingerprint density at radius 2 is 2.17 bits per heavy atom. The van der Waals surface area contributed by atoms with Crippen LogP contribution < -0.4 is 5.32 Å². The van der Waals surface area contributed by atoms with Crippen LogP contribution in [0.2, 0.25) is 0 Å². The van der Waals surface area contributed by atoms with Crippen LogP contribution in [0, 0.1) is 11.3 Å². The highest BCUT2D eigenvalue weighted by Gasteiger charge is 2.34. The van der Waals surface area contributed by atoms with Gasteiger partial charge in [0.15, 0.2) is 5.69 Å². The number of nitrogens with zero attached hydrogens (tertiary/aromatic N) is 1. The van der Waals surface area contributed by atoms with Gasteiger partial charge in [-0.1, -0.05) is 41.9 Å². The molecule has 1 aromatic carbocycles. The molecular formula is C18H21BrN2O3. The summed E-state index contributed by atoms with van der Waals surface area (Å²) in [6.45, 7) is 6.65. The highest BCUT2D eigenvalue weighted by atomic mass is 79.9. The average molecular weight is 393 g/mol. The van der Waals surface area contributed by atoms with Crippen molar-refractivity contribution in [2.45, 2.75) is 40.0 Å². The van der Waals surface area contributed by atoms with Crippen molar-refractivity contribution in [3.05, 3.63) is 39.7 Å². The molecular weight excluding hydrogens is 372 g/mol. The minimum absolute atomic E-state index is 0.0106. The predicted molar refractivity (Wildman–Crippen MR) is 95.2 cm³/mol. The topological polar surface area (TPSA) is 75.4 Å². The summed E-state index contributed by atoms with van der Waals surface area (Å²) in [4.78, 5) is 12.6. The number of benzene rings is 1. The van der Waals surface area contributed by atoms with Gasteiger partial charge in [0, 0.05) is 16.5 Å². The van der Waals surface area contributed by atoms with E-state index >= 15 is 0 Å². The van der Waals surface area contributed by atoms with Crippen LogP contribution in [0.4, 0.5) is 5.69 Å². The van der Waals surface area contributed by atoms with E-state index in [-0.39, 0.29) is 17.1 Å². The van der Waals surface area contributed by atoms with Gasteiger partial charge in [0.1, 0.15) is 11.5 Å². The number of fused-ring (bicyclic) bond motifs is 1. The number of phenolic OH excluding ortho intramolecular Hbond substituents is 1. The molecule has 0 bridgehead atoms. The second kappa shape index (κ2) is 6.24. The van der Waals surface area contributed by atoms with Crippen molar-refractivity contribution in [3.63, 3.8) is 0 Å². The smallest absolute Gasteiger partial charge is 0.278 e. The number of halogens is 1. The fraction of sp³-hybridized carbons (Fsp3) is 0.444. The lowest BCUT2D eigenvalue weighted by molar-refractivity contribution is 0.101. The molecule has 1 heterocycles. The number of hydrogen-bond acceptors (Lipinski definition) is 4. The van der Waals surface area contributed by atoms with Gasteiger partial charge >= 0.3 is 0 Å². The number of phenols is 1. The summed E-state index contributed by atoms with van der Waals surface area (Å²) in [7, 11) is 0. The Hall–Kier alpha value is -1.82. The minimum atomic E-state index is -0.358. The molecule has 0 aliphatic heterocycles. The first-order valence-corrected chi connectivity index (χ1v) is 8.82. The summed E-state index contributed by atoms with van der Waals surface area (Å²) in [5, 5.41) is 16.6. The van der Waals surface area contributed by atoms with E-state index < -0.39 is 0 Å². The van der Waals surface area contributed by atoms with Gasteiger partial charge in [0.25, 0.3) is 5.91 Å². The van der Waals surface area contributed by atoms with Crippen molar-refractivity contribution < 1.29 is 14.4 Å². The number of hydrogen-bond donors (Lipinski definition) is 2. The van der Waals surface area contributed by atoms with Gasteiger partial charge in [-0.3, -0.25) is 4.79 Å². The highest BCUT2D eigenvalue weighted by molar-refractivity contribution is 9.10. The van der Waals surface area contributed by atoms with Crippen molar-refractivity contribution in [1.29, 1.82) is 0 Å². The van der Waals surface area contributed by atoms with Crippen molar-refractivity contribution in [2.75, 3.05) is 5.32 Å². The van der Waals surface area contributed by atoms with Crippen LogP contribution in [0.25, 0.3) is 0 Å². The molecule has 0 unspecified atom stereocenters. The zero-order chi connectivity index (χ0) is 17.5. The third-order valence-corrected chi connectivity index (χ3v) is 5.18. The zero-order valence-electron chi connectivity index (χ0n) is 14.0. The van der Waals surface area contributed by atoms with Gasteiger partial charge in [-0.25, -0.2) is 0 Å². The molecule has 1 atom stereocenters. The molecule has 1 aliphatic carbocycles. The van der Waals surface area contributed by atoms with E-state index in [1.54, 1.807) is 12.1 Å². The van der Waals surface area contributed by atoms with Crippen molar-refractivity contribution >= 4 is 27.5 Å². The molecule has 3 rings (SSSR count). The second-order valence-corrected chi connectivity index (χ2v) is 8.27. The zero-order valence-corrected chi connectivity index (χ0v) is 15.6. The van der Waals surface area contributed by atoms with Crippen LogP contribution in [0.5, 0.6) is 5.75 Å². The van der Waals surface area contributed by atoms with Crippen molar-refractivity contribution in [1.82, 2.24) is 5.16 Å². The molecule has 5 nitrogen and oxygen atoms in total.